The summed E-state index contributed by atoms with van der Waals surface area (Å²) in [7, 11) is 1.81. The second-order valence-electron chi connectivity index (χ2n) is 5.59. The molecular weight excluding hydrogens is 330 g/mol. The average molecular weight is 350 g/mol. The van der Waals surface area contributed by atoms with Gasteiger partial charge in [-0.15, -0.1) is 0 Å². The van der Waals surface area contributed by atoms with Crippen LogP contribution in [0.3, 0.4) is 0 Å². The quantitative estimate of drug-likeness (QED) is 0.253. The smallest absolute Gasteiger partial charge is 0.362 e. The Hall–Kier alpha value is -3.41. The van der Waals surface area contributed by atoms with Gasteiger partial charge < -0.3 is 9.84 Å². The second-order valence-corrected chi connectivity index (χ2v) is 5.59. The van der Waals surface area contributed by atoms with Gasteiger partial charge in [-0.3, -0.25) is 0 Å². The van der Waals surface area contributed by atoms with Gasteiger partial charge in [-0.1, -0.05) is 42.5 Å². The van der Waals surface area contributed by atoms with Crippen molar-refractivity contribution in [2.75, 3.05) is 6.61 Å². The average Bonchev–Trinajstić information content (AvgIpc) is 3.00. The SMILES string of the molecule is CCOC(=O)C(=CC=C(O)c1ccccc1)n1nc2ccccc2[n+]1C. The van der Waals surface area contributed by atoms with E-state index < -0.39 is 5.97 Å². The topological polar surface area (TPSA) is 68.2 Å². The molecule has 3 aromatic rings. The number of benzene rings is 2. The Kier molecular flexibility index (Phi) is 5.12. The highest BCUT2D eigenvalue weighted by atomic mass is 16.5. The highest BCUT2D eigenvalue weighted by Crippen LogP contribution is 2.14. The molecule has 26 heavy (non-hydrogen) atoms. The van der Waals surface area contributed by atoms with E-state index in [4.69, 9.17) is 4.74 Å². The summed E-state index contributed by atoms with van der Waals surface area (Å²) in [6.07, 6.45) is 2.97. The molecule has 132 valence electrons. The fourth-order valence-corrected chi connectivity index (χ4v) is 2.59. The molecule has 0 amide bonds. The zero-order valence-corrected chi connectivity index (χ0v) is 14.7. The molecule has 3 rings (SSSR count). The van der Waals surface area contributed by atoms with E-state index >= 15 is 0 Å². The lowest BCUT2D eigenvalue weighted by Gasteiger charge is -2.04. The Labute approximate surface area is 151 Å². The minimum atomic E-state index is -0.520. The van der Waals surface area contributed by atoms with Gasteiger partial charge in [0.2, 0.25) is 16.7 Å². The highest BCUT2D eigenvalue weighted by molar-refractivity contribution is 6.10. The molecular formula is C20H20N3O3+. The molecule has 6 nitrogen and oxygen atoms in total. The van der Waals surface area contributed by atoms with Gasteiger partial charge in [0, 0.05) is 5.56 Å². The fraction of sp³-hybridized carbons (Fsp3) is 0.150. The normalized spacial score (nSPS) is 12.4. The summed E-state index contributed by atoms with van der Waals surface area (Å²) in [5, 5.41) is 14.7. The number of nitrogens with zero attached hydrogens (tertiary/aromatic N) is 3. The number of aryl methyl sites for hydroxylation is 1. The molecule has 6 heteroatoms. The number of carbonyl (C=O) groups excluding carboxylic acids is 1. The van der Waals surface area contributed by atoms with Crippen LogP contribution >= 0.6 is 0 Å². The number of ether oxygens (including phenoxy) is 1. The number of hydrogen-bond acceptors (Lipinski definition) is 4. The number of para-hydroxylation sites is 1. The van der Waals surface area contributed by atoms with Gasteiger partial charge in [-0.05, 0) is 36.0 Å². The van der Waals surface area contributed by atoms with Gasteiger partial charge >= 0.3 is 5.97 Å². The summed E-state index contributed by atoms with van der Waals surface area (Å²) >= 11 is 0. The summed E-state index contributed by atoms with van der Waals surface area (Å²) in [4.78, 5) is 13.9. The van der Waals surface area contributed by atoms with Crippen molar-refractivity contribution < 1.29 is 19.3 Å². The maximum absolute atomic E-state index is 12.4. The van der Waals surface area contributed by atoms with Crippen molar-refractivity contribution >= 4 is 28.5 Å². The van der Waals surface area contributed by atoms with E-state index in [2.05, 4.69) is 5.10 Å². The Morgan fingerprint density at radius 3 is 2.54 bits per heavy atom. The number of allylic oxidation sites excluding steroid dienone is 2. The molecule has 0 spiro atoms. The summed E-state index contributed by atoms with van der Waals surface area (Å²) in [6.45, 7) is 1.99. The van der Waals surface area contributed by atoms with Gasteiger partial charge in [0.1, 0.15) is 12.8 Å². The zero-order chi connectivity index (χ0) is 18.5. The molecule has 0 aliphatic heterocycles. The van der Waals surface area contributed by atoms with Crippen LogP contribution in [-0.4, -0.2) is 27.6 Å². The van der Waals surface area contributed by atoms with Crippen LogP contribution in [0.2, 0.25) is 0 Å². The van der Waals surface area contributed by atoms with Gasteiger partial charge in [0.25, 0.3) is 0 Å². The molecule has 0 atom stereocenters. The third-order valence-corrected chi connectivity index (χ3v) is 3.89. The van der Waals surface area contributed by atoms with E-state index in [1.54, 1.807) is 23.7 Å². The molecule has 0 saturated heterocycles. The van der Waals surface area contributed by atoms with Crippen LogP contribution in [0.15, 0.2) is 66.7 Å². The molecule has 0 radical (unpaired) electrons. The van der Waals surface area contributed by atoms with E-state index in [1.807, 2.05) is 49.5 Å². The predicted molar refractivity (Wildman–Crippen MR) is 98.9 cm³/mol. The van der Waals surface area contributed by atoms with E-state index in [0.29, 0.717) is 5.56 Å². The Balaban J connectivity index is 2.07. The van der Waals surface area contributed by atoms with Crippen LogP contribution in [0.25, 0.3) is 22.5 Å². The van der Waals surface area contributed by atoms with Crippen molar-refractivity contribution in [1.82, 2.24) is 9.90 Å². The fourth-order valence-electron chi connectivity index (χ4n) is 2.59. The van der Waals surface area contributed by atoms with Crippen molar-refractivity contribution in [1.29, 1.82) is 0 Å². The van der Waals surface area contributed by atoms with Gasteiger partial charge in [-0.25, -0.2) is 4.79 Å². The van der Waals surface area contributed by atoms with Crippen LogP contribution in [-0.2, 0) is 16.6 Å². The maximum atomic E-state index is 12.4. The van der Waals surface area contributed by atoms with E-state index in [-0.39, 0.29) is 18.1 Å². The molecule has 2 aromatic carbocycles. The van der Waals surface area contributed by atoms with Crippen LogP contribution < -0.4 is 4.68 Å². The molecule has 0 fully saturated rings. The lowest BCUT2D eigenvalue weighted by atomic mass is 10.2. The van der Waals surface area contributed by atoms with Crippen LogP contribution in [0.1, 0.15) is 12.5 Å². The van der Waals surface area contributed by atoms with Crippen molar-refractivity contribution in [3.63, 3.8) is 0 Å². The number of esters is 1. The summed E-state index contributed by atoms with van der Waals surface area (Å²) in [6, 6.07) is 16.7. The van der Waals surface area contributed by atoms with Gasteiger partial charge in [0.05, 0.1) is 11.7 Å². The number of hydrogen-bond donors (Lipinski definition) is 1. The lowest BCUT2D eigenvalue weighted by Crippen LogP contribution is -2.41. The summed E-state index contributed by atoms with van der Waals surface area (Å²) in [5.74, 6) is -0.472. The molecule has 0 bridgehead atoms. The number of fused-ring (bicyclic) bond motifs is 1. The standard InChI is InChI=1S/C20H19N3O3/c1-3-26-20(25)18(13-14-19(24)15-9-5-4-6-10-15)23-21-16-11-7-8-12-17(16)22(23)2/h4-14H,3H2,1-2H3/p+1. The van der Waals surface area contributed by atoms with Crippen LogP contribution in [0.4, 0.5) is 0 Å². The van der Waals surface area contributed by atoms with Crippen molar-refractivity contribution in [2.24, 2.45) is 7.05 Å². The monoisotopic (exact) mass is 350 g/mol. The first kappa shape index (κ1) is 17.4. The molecule has 0 aliphatic carbocycles. The van der Waals surface area contributed by atoms with Crippen molar-refractivity contribution in [3.05, 3.63) is 72.3 Å². The summed E-state index contributed by atoms with van der Waals surface area (Å²) < 4.78 is 6.91. The Morgan fingerprint density at radius 1 is 1.15 bits per heavy atom. The van der Waals surface area contributed by atoms with E-state index in [0.717, 1.165) is 11.0 Å². The Morgan fingerprint density at radius 2 is 1.85 bits per heavy atom. The largest absolute Gasteiger partial charge is 0.507 e. The first-order valence-electron chi connectivity index (χ1n) is 8.29. The van der Waals surface area contributed by atoms with Gasteiger partial charge in [-0.2, -0.15) is 4.68 Å². The molecule has 1 aromatic heterocycles. The van der Waals surface area contributed by atoms with Crippen molar-refractivity contribution in [2.45, 2.75) is 6.92 Å². The number of aromatic nitrogens is 3. The number of carbonyl (C=O) groups is 1. The number of aliphatic hydroxyl groups is 1. The maximum Gasteiger partial charge on any atom is 0.362 e. The molecule has 1 N–H and O–H groups in total. The third-order valence-electron chi connectivity index (χ3n) is 3.89. The predicted octanol–water partition coefficient (Wildman–Crippen LogP) is 2.86. The number of aliphatic hydroxyl groups excluding tert-OH is 1. The van der Waals surface area contributed by atoms with E-state index in [9.17, 15) is 9.90 Å². The minimum absolute atomic E-state index is 0.0479. The molecule has 1 heterocycles. The Bertz CT molecular complexity index is 988. The minimum Gasteiger partial charge on any atom is -0.507 e. The second kappa shape index (κ2) is 7.65. The third kappa shape index (κ3) is 3.49. The zero-order valence-electron chi connectivity index (χ0n) is 14.7. The number of rotatable bonds is 5. The van der Waals surface area contributed by atoms with E-state index in [1.165, 1.54) is 16.9 Å². The van der Waals surface area contributed by atoms with Crippen LogP contribution in [0.5, 0.6) is 0 Å². The highest BCUT2D eigenvalue weighted by Gasteiger charge is 2.24. The molecule has 0 unspecified atom stereocenters. The molecule has 0 saturated carbocycles. The lowest BCUT2D eigenvalue weighted by molar-refractivity contribution is -0.724. The van der Waals surface area contributed by atoms with Gasteiger partial charge in [0.15, 0.2) is 0 Å². The van der Waals surface area contributed by atoms with Crippen LogP contribution in [0, 0.1) is 0 Å². The molecule has 0 aliphatic rings. The first-order chi connectivity index (χ1) is 12.6. The summed E-state index contributed by atoms with van der Waals surface area (Å²) in [5.41, 5.74) is 2.48. The van der Waals surface area contributed by atoms with Crippen molar-refractivity contribution in [3.8, 4) is 0 Å². The first-order valence-corrected chi connectivity index (χ1v) is 8.29.